The molecule has 0 saturated carbocycles. The topological polar surface area (TPSA) is 72.5 Å². The Bertz CT molecular complexity index is 170. The van der Waals surface area contributed by atoms with E-state index in [0.717, 1.165) is 12.8 Å². The maximum absolute atomic E-state index is 10.6. The lowest BCUT2D eigenvalue weighted by Gasteiger charge is -2.31. The molecule has 4 nitrogen and oxygen atoms in total. The van der Waals surface area contributed by atoms with Crippen LogP contribution in [0, 0.1) is 0 Å². The summed E-state index contributed by atoms with van der Waals surface area (Å²) in [4.78, 5) is 10.6. The van der Waals surface area contributed by atoms with E-state index in [9.17, 15) is 9.90 Å². The standard InChI is InChI=1S/C9H19NO3/c1-4-5-6-9(3,7(2)11)13-8(10)12/h7,11H,4-6H2,1-3H3,(H2,10,12)/t7?,9-/m1/s1. The molecular formula is C9H19NO3. The number of rotatable bonds is 5. The molecule has 0 saturated heterocycles. The second kappa shape index (κ2) is 5.07. The van der Waals surface area contributed by atoms with Gasteiger partial charge in [0.05, 0.1) is 6.10 Å². The lowest BCUT2D eigenvalue weighted by Crippen LogP contribution is -2.43. The fraction of sp³-hybridized carbons (Fsp3) is 0.889. The molecule has 0 bridgehead atoms. The number of carbonyl (C=O) groups excluding carboxylic acids is 1. The van der Waals surface area contributed by atoms with Crippen LogP contribution in [0.4, 0.5) is 4.79 Å². The highest BCUT2D eigenvalue weighted by atomic mass is 16.6. The first-order valence-electron chi connectivity index (χ1n) is 4.59. The number of amides is 1. The Morgan fingerprint density at radius 3 is 2.54 bits per heavy atom. The largest absolute Gasteiger partial charge is 0.441 e. The van der Waals surface area contributed by atoms with Crippen LogP contribution in [-0.4, -0.2) is 22.9 Å². The van der Waals surface area contributed by atoms with Crippen molar-refractivity contribution in [1.29, 1.82) is 0 Å². The molecule has 4 heteroatoms. The summed E-state index contributed by atoms with van der Waals surface area (Å²) in [5.41, 5.74) is 4.07. The fourth-order valence-corrected chi connectivity index (χ4v) is 1.10. The average Bonchev–Trinajstić information content (AvgIpc) is 1.99. The summed E-state index contributed by atoms with van der Waals surface area (Å²) < 4.78 is 4.89. The van der Waals surface area contributed by atoms with Gasteiger partial charge in [0.2, 0.25) is 0 Å². The van der Waals surface area contributed by atoms with Gasteiger partial charge in [-0.15, -0.1) is 0 Å². The second-order valence-corrected chi connectivity index (χ2v) is 3.51. The first-order chi connectivity index (χ1) is 5.92. The molecule has 1 unspecified atom stereocenters. The summed E-state index contributed by atoms with van der Waals surface area (Å²) in [6.07, 6.45) is 0.981. The third-order valence-corrected chi connectivity index (χ3v) is 2.24. The van der Waals surface area contributed by atoms with E-state index in [2.05, 4.69) is 0 Å². The zero-order valence-corrected chi connectivity index (χ0v) is 8.54. The van der Waals surface area contributed by atoms with E-state index < -0.39 is 17.8 Å². The van der Waals surface area contributed by atoms with Gasteiger partial charge in [0.25, 0.3) is 0 Å². The van der Waals surface area contributed by atoms with Gasteiger partial charge in [-0.3, -0.25) is 0 Å². The van der Waals surface area contributed by atoms with Gasteiger partial charge in [0, 0.05) is 0 Å². The molecular weight excluding hydrogens is 170 g/mol. The third-order valence-electron chi connectivity index (χ3n) is 2.24. The van der Waals surface area contributed by atoms with E-state index >= 15 is 0 Å². The Kier molecular flexibility index (Phi) is 4.77. The number of unbranched alkanes of at least 4 members (excludes halogenated alkanes) is 1. The summed E-state index contributed by atoms with van der Waals surface area (Å²) >= 11 is 0. The van der Waals surface area contributed by atoms with Crippen LogP contribution in [0.15, 0.2) is 0 Å². The highest BCUT2D eigenvalue weighted by molar-refractivity contribution is 5.65. The summed E-state index contributed by atoms with van der Waals surface area (Å²) in [5, 5.41) is 9.41. The van der Waals surface area contributed by atoms with Crippen molar-refractivity contribution >= 4 is 6.09 Å². The van der Waals surface area contributed by atoms with E-state index in [0.29, 0.717) is 6.42 Å². The second-order valence-electron chi connectivity index (χ2n) is 3.51. The molecule has 0 aromatic carbocycles. The minimum Gasteiger partial charge on any atom is -0.441 e. The number of primary amides is 1. The molecule has 0 fully saturated rings. The maximum Gasteiger partial charge on any atom is 0.405 e. The average molecular weight is 189 g/mol. The quantitative estimate of drug-likeness (QED) is 0.686. The molecule has 3 N–H and O–H groups in total. The highest BCUT2D eigenvalue weighted by Crippen LogP contribution is 2.22. The van der Waals surface area contributed by atoms with Gasteiger partial charge < -0.3 is 15.6 Å². The van der Waals surface area contributed by atoms with Gasteiger partial charge in [-0.2, -0.15) is 0 Å². The smallest absolute Gasteiger partial charge is 0.405 e. The normalized spacial score (nSPS) is 17.5. The molecule has 0 rings (SSSR count). The van der Waals surface area contributed by atoms with E-state index in [1.54, 1.807) is 13.8 Å². The Labute approximate surface area is 79.1 Å². The molecule has 1 amide bonds. The molecule has 0 aliphatic carbocycles. The predicted molar refractivity (Wildman–Crippen MR) is 50.3 cm³/mol. The van der Waals surface area contributed by atoms with E-state index in [1.807, 2.05) is 6.92 Å². The van der Waals surface area contributed by atoms with Crippen LogP contribution in [-0.2, 0) is 4.74 Å². The van der Waals surface area contributed by atoms with Crippen LogP contribution in [0.1, 0.15) is 40.0 Å². The third kappa shape index (κ3) is 4.12. The Morgan fingerprint density at radius 2 is 2.23 bits per heavy atom. The van der Waals surface area contributed by atoms with Crippen molar-refractivity contribution < 1.29 is 14.6 Å². The van der Waals surface area contributed by atoms with Crippen LogP contribution in [0.2, 0.25) is 0 Å². The highest BCUT2D eigenvalue weighted by Gasteiger charge is 2.32. The van der Waals surface area contributed by atoms with Crippen molar-refractivity contribution in [2.24, 2.45) is 5.73 Å². The fourth-order valence-electron chi connectivity index (χ4n) is 1.10. The predicted octanol–water partition coefficient (Wildman–Crippen LogP) is 1.41. The number of carbonyl (C=O) groups is 1. The van der Waals surface area contributed by atoms with Crippen molar-refractivity contribution in [1.82, 2.24) is 0 Å². The number of nitrogens with two attached hydrogens (primary N) is 1. The zero-order valence-electron chi connectivity index (χ0n) is 8.54. The maximum atomic E-state index is 10.6. The van der Waals surface area contributed by atoms with Gasteiger partial charge in [-0.05, 0) is 26.7 Å². The summed E-state index contributed by atoms with van der Waals surface area (Å²) in [5.74, 6) is 0. The van der Waals surface area contributed by atoms with Crippen LogP contribution >= 0.6 is 0 Å². The minimum atomic E-state index is -0.845. The number of aliphatic hydroxyl groups excluding tert-OH is 1. The van der Waals surface area contributed by atoms with E-state index in [-0.39, 0.29) is 0 Å². The van der Waals surface area contributed by atoms with Crippen molar-refractivity contribution in [2.75, 3.05) is 0 Å². The van der Waals surface area contributed by atoms with Gasteiger partial charge in [0.1, 0.15) is 5.60 Å². The number of aliphatic hydroxyl groups is 1. The van der Waals surface area contributed by atoms with Crippen LogP contribution < -0.4 is 5.73 Å². The monoisotopic (exact) mass is 189 g/mol. The molecule has 0 aliphatic heterocycles. The molecule has 0 aromatic rings. The van der Waals surface area contributed by atoms with Gasteiger partial charge >= 0.3 is 6.09 Å². The van der Waals surface area contributed by atoms with E-state index in [1.165, 1.54) is 0 Å². The summed E-state index contributed by atoms with van der Waals surface area (Å²) in [6, 6.07) is 0. The number of ether oxygens (including phenoxy) is 1. The molecule has 0 heterocycles. The van der Waals surface area contributed by atoms with E-state index in [4.69, 9.17) is 10.5 Å². The van der Waals surface area contributed by atoms with Crippen molar-refractivity contribution in [3.63, 3.8) is 0 Å². The molecule has 0 aromatic heterocycles. The first kappa shape index (κ1) is 12.2. The molecule has 0 aliphatic rings. The van der Waals surface area contributed by atoms with Gasteiger partial charge in [-0.25, -0.2) is 4.79 Å². The van der Waals surface area contributed by atoms with Gasteiger partial charge in [0.15, 0.2) is 0 Å². The number of hydrogen-bond donors (Lipinski definition) is 2. The van der Waals surface area contributed by atoms with Crippen LogP contribution in [0.5, 0.6) is 0 Å². The number of hydrogen-bond acceptors (Lipinski definition) is 3. The Hall–Kier alpha value is -0.770. The zero-order chi connectivity index (χ0) is 10.5. The Morgan fingerprint density at radius 1 is 1.69 bits per heavy atom. The summed E-state index contributed by atoms with van der Waals surface area (Å²) in [6.45, 7) is 5.32. The van der Waals surface area contributed by atoms with Crippen LogP contribution in [0.25, 0.3) is 0 Å². The van der Waals surface area contributed by atoms with Crippen molar-refractivity contribution in [3.05, 3.63) is 0 Å². The van der Waals surface area contributed by atoms with Gasteiger partial charge in [-0.1, -0.05) is 13.3 Å². The lowest BCUT2D eigenvalue weighted by atomic mass is 9.93. The van der Waals surface area contributed by atoms with Crippen LogP contribution in [0.3, 0.4) is 0 Å². The van der Waals surface area contributed by atoms with Crippen molar-refractivity contribution in [3.8, 4) is 0 Å². The SMILES string of the molecule is CCCC[C@@](C)(OC(N)=O)C(C)O. The molecule has 0 radical (unpaired) electrons. The molecule has 0 spiro atoms. The van der Waals surface area contributed by atoms with Crippen molar-refractivity contribution in [2.45, 2.75) is 51.7 Å². The molecule has 2 atom stereocenters. The first-order valence-corrected chi connectivity index (χ1v) is 4.59. The Balaban J connectivity index is 4.24. The lowest BCUT2D eigenvalue weighted by molar-refractivity contribution is -0.0648. The molecule has 13 heavy (non-hydrogen) atoms. The minimum absolute atomic E-state index is 0.629. The summed E-state index contributed by atoms with van der Waals surface area (Å²) in [7, 11) is 0. The molecule has 78 valence electrons.